The van der Waals surface area contributed by atoms with Gasteiger partial charge in [0.1, 0.15) is 6.54 Å². The number of fused-ring (bicyclic) bond motifs is 1. The quantitative estimate of drug-likeness (QED) is 0.491. The van der Waals surface area contributed by atoms with E-state index in [0.717, 1.165) is 17.7 Å². The minimum atomic E-state index is -0.483. The molecular weight excluding hydrogens is 402 g/mol. The summed E-state index contributed by atoms with van der Waals surface area (Å²) >= 11 is 3.26. The summed E-state index contributed by atoms with van der Waals surface area (Å²) in [6.07, 6.45) is 1.54. The van der Waals surface area contributed by atoms with E-state index in [4.69, 9.17) is 0 Å². The van der Waals surface area contributed by atoms with Gasteiger partial charge in [-0.15, -0.1) is 0 Å². The van der Waals surface area contributed by atoms with E-state index in [1.807, 2.05) is 13.8 Å². The maximum Gasteiger partial charge on any atom is 0.262 e. The van der Waals surface area contributed by atoms with E-state index >= 15 is 0 Å². The zero-order chi connectivity index (χ0) is 19.3. The minimum Gasteiger partial charge on any atom is -0.354 e. The Labute approximate surface area is 160 Å². The molecule has 1 aliphatic rings. The van der Waals surface area contributed by atoms with Crippen LogP contribution in [0.3, 0.4) is 0 Å². The van der Waals surface area contributed by atoms with Gasteiger partial charge < -0.3 is 10.6 Å². The number of hydrogen-bond acceptors (Lipinski definition) is 4. The van der Waals surface area contributed by atoms with Crippen LogP contribution in [0.5, 0.6) is 0 Å². The molecule has 0 aromatic heterocycles. The molecule has 0 saturated carbocycles. The molecule has 0 fully saturated rings. The predicted octanol–water partition coefficient (Wildman–Crippen LogP) is 1.71. The van der Waals surface area contributed by atoms with Gasteiger partial charge in [-0.3, -0.25) is 24.1 Å². The van der Waals surface area contributed by atoms with E-state index < -0.39 is 17.7 Å². The SMILES string of the molecule is CCC(CC)C(=O)NCCNC(=O)CN1C(=O)c2ccc(Br)cc2C1=O. The van der Waals surface area contributed by atoms with Crippen molar-refractivity contribution in [3.63, 3.8) is 0 Å². The van der Waals surface area contributed by atoms with Crippen LogP contribution in [-0.4, -0.2) is 48.2 Å². The molecule has 140 valence electrons. The van der Waals surface area contributed by atoms with Crippen molar-refractivity contribution in [3.8, 4) is 0 Å². The first-order valence-corrected chi connectivity index (χ1v) is 9.38. The Hall–Kier alpha value is -2.22. The van der Waals surface area contributed by atoms with Crippen molar-refractivity contribution >= 4 is 39.6 Å². The Balaban J connectivity index is 1.81. The number of carbonyl (C=O) groups excluding carboxylic acids is 4. The van der Waals surface area contributed by atoms with Crippen molar-refractivity contribution in [2.45, 2.75) is 26.7 Å². The molecule has 0 bridgehead atoms. The Bertz CT molecular complexity index is 731. The molecule has 1 aliphatic heterocycles. The first-order valence-electron chi connectivity index (χ1n) is 8.59. The largest absolute Gasteiger partial charge is 0.354 e. The van der Waals surface area contributed by atoms with Gasteiger partial charge >= 0.3 is 0 Å². The molecular formula is C18H22BrN3O4. The van der Waals surface area contributed by atoms with Crippen molar-refractivity contribution in [3.05, 3.63) is 33.8 Å². The molecule has 8 heteroatoms. The normalized spacial score (nSPS) is 13.2. The van der Waals surface area contributed by atoms with Crippen LogP contribution in [0.1, 0.15) is 47.4 Å². The molecule has 1 aromatic rings. The second-order valence-corrected chi connectivity index (χ2v) is 6.96. The van der Waals surface area contributed by atoms with Gasteiger partial charge in [-0.05, 0) is 31.0 Å². The lowest BCUT2D eigenvalue weighted by molar-refractivity contribution is -0.125. The molecule has 1 aromatic carbocycles. The average Bonchev–Trinajstić information content (AvgIpc) is 2.84. The van der Waals surface area contributed by atoms with Crippen molar-refractivity contribution in [2.24, 2.45) is 5.92 Å². The number of nitrogens with one attached hydrogen (secondary N) is 2. The zero-order valence-corrected chi connectivity index (χ0v) is 16.4. The zero-order valence-electron chi connectivity index (χ0n) is 14.8. The molecule has 7 nitrogen and oxygen atoms in total. The molecule has 1 heterocycles. The monoisotopic (exact) mass is 423 g/mol. The number of halogens is 1. The molecule has 0 radical (unpaired) electrons. The summed E-state index contributed by atoms with van der Waals surface area (Å²) in [4.78, 5) is 49.4. The summed E-state index contributed by atoms with van der Waals surface area (Å²) in [5.41, 5.74) is 0.582. The topological polar surface area (TPSA) is 95.6 Å². The second kappa shape index (κ2) is 8.93. The molecule has 0 unspecified atom stereocenters. The Morgan fingerprint density at radius 1 is 1.04 bits per heavy atom. The molecule has 0 spiro atoms. The number of nitrogens with zero attached hydrogens (tertiary/aromatic N) is 1. The molecule has 2 N–H and O–H groups in total. The lowest BCUT2D eigenvalue weighted by atomic mass is 10.0. The van der Waals surface area contributed by atoms with Crippen LogP contribution in [-0.2, 0) is 9.59 Å². The van der Waals surface area contributed by atoms with Gasteiger partial charge in [-0.25, -0.2) is 0 Å². The van der Waals surface area contributed by atoms with Crippen LogP contribution in [0.15, 0.2) is 22.7 Å². The van der Waals surface area contributed by atoms with Crippen molar-refractivity contribution in [2.75, 3.05) is 19.6 Å². The molecule has 4 amide bonds. The number of benzene rings is 1. The summed E-state index contributed by atoms with van der Waals surface area (Å²) in [7, 11) is 0. The number of carbonyl (C=O) groups is 4. The standard InChI is InChI=1S/C18H22BrN3O4/c1-3-11(4-2)16(24)21-8-7-20-15(23)10-22-17(25)13-6-5-12(19)9-14(13)18(22)26/h5-6,9,11H,3-4,7-8,10H2,1-2H3,(H,20,23)(H,21,24). The van der Waals surface area contributed by atoms with E-state index in [9.17, 15) is 19.2 Å². The molecule has 2 rings (SSSR count). The maximum atomic E-state index is 12.3. The van der Waals surface area contributed by atoms with E-state index in [1.54, 1.807) is 18.2 Å². The molecule has 0 saturated heterocycles. The summed E-state index contributed by atoms with van der Waals surface area (Å²) in [5.74, 6) is -1.47. The van der Waals surface area contributed by atoms with Gasteiger partial charge in [-0.1, -0.05) is 29.8 Å². The van der Waals surface area contributed by atoms with Crippen molar-refractivity contribution < 1.29 is 19.2 Å². The van der Waals surface area contributed by atoms with Crippen LogP contribution in [0, 0.1) is 5.92 Å². The van der Waals surface area contributed by atoms with Gasteiger partial charge in [0, 0.05) is 23.5 Å². The van der Waals surface area contributed by atoms with Gasteiger partial charge in [-0.2, -0.15) is 0 Å². The average molecular weight is 424 g/mol. The highest BCUT2D eigenvalue weighted by molar-refractivity contribution is 9.10. The van der Waals surface area contributed by atoms with E-state index in [1.165, 1.54) is 0 Å². The number of imide groups is 1. The third-order valence-corrected chi connectivity index (χ3v) is 4.83. The van der Waals surface area contributed by atoms with Crippen molar-refractivity contribution in [1.82, 2.24) is 15.5 Å². The van der Waals surface area contributed by atoms with Crippen molar-refractivity contribution in [1.29, 1.82) is 0 Å². The van der Waals surface area contributed by atoms with E-state index in [0.29, 0.717) is 16.6 Å². The Morgan fingerprint density at radius 2 is 1.65 bits per heavy atom. The summed E-state index contributed by atoms with van der Waals surface area (Å²) in [6.45, 7) is 4.10. The highest BCUT2D eigenvalue weighted by Crippen LogP contribution is 2.25. The fraction of sp³-hybridized carbons (Fsp3) is 0.444. The fourth-order valence-corrected chi connectivity index (χ4v) is 3.16. The third kappa shape index (κ3) is 4.49. The van der Waals surface area contributed by atoms with E-state index in [2.05, 4.69) is 26.6 Å². The van der Waals surface area contributed by atoms with Crippen LogP contribution < -0.4 is 10.6 Å². The highest BCUT2D eigenvalue weighted by atomic mass is 79.9. The second-order valence-electron chi connectivity index (χ2n) is 6.04. The number of rotatable bonds is 8. The summed E-state index contributed by atoms with van der Waals surface area (Å²) in [6, 6.07) is 4.81. The Morgan fingerprint density at radius 3 is 2.31 bits per heavy atom. The van der Waals surface area contributed by atoms with Crippen LogP contribution in [0.2, 0.25) is 0 Å². The first-order chi connectivity index (χ1) is 12.4. The lowest BCUT2D eigenvalue weighted by Crippen LogP contribution is -2.43. The van der Waals surface area contributed by atoms with Gasteiger partial charge in [0.25, 0.3) is 11.8 Å². The third-order valence-electron chi connectivity index (χ3n) is 4.34. The predicted molar refractivity (Wildman–Crippen MR) is 99.6 cm³/mol. The smallest absolute Gasteiger partial charge is 0.262 e. The molecule has 0 aliphatic carbocycles. The fourth-order valence-electron chi connectivity index (χ4n) is 2.80. The van der Waals surface area contributed by atoms with Crippen LogP contribution >= 0.6 is 15.9 Å². The molecule has 26 heavy (non-hydrogen) atoms. The van der Waals surface area contributed by atoms with E-state index in [-0.39, 0.29) is 30.5 Å². The van der Waals surface area contributed by atoms with Gasteiger partial charge in [0.05, 0.1) is 11.1 Å². The first kappa shape index (κ1) is 20.1. The number of hydrogen-bond donors (Lipinski definition) is 2. The lowest BCUT2D eigenvalue weighted by Gasteiger charge is -2.15. The van der Waals surface area contributed by atoms with Crippen LogP contribution in [0.25, 0.3) is 0 Å². The summed E-state index contributed by atoms with van der Waals surface area (Å²) < 4.78 is 0.692. The molecule has 0 atom stereocenters. The highest BCUT2D eigenvalue weighted by Gasteiger charge is 2.36. The maximum absolute atomic E-state index is 12.3. The number of amides is 4. The van der Waals surface area contributed by atoms with Crippen LogP contribution in [0.4, 0.5) is 0 Å². The minimum absolute atomic E-state index is 0.0247. The van der Waals surface area contributed by atoms with Gasteiger partial charge in [0.2, 0.25) is 11.8 Å². The van der Waals surface area contributed by atoms with Gasteiger partial charge in [0.15, 0.2) is 0 Å². The summed E-state index contributed by atoms with van der Waals surface area (Å²) in [5, 5.41) is 5.38. The Kier molecular flexibility index (Phi) is 6.90.